The number of methoxy groups -OCH3 is 1. The summed E-state index contributed by atoms with van der Waals surface area (Å²) in [6, 6.07) is 18.4. The van der Waals surface area contributed by atoms with Crippen LogP contribution in [0.25, 0.3) is 10.8 Å². The number of aromatic nitrogens is 1. The Morgan fingerprint density at radius 3 is 2.32 bits per heavy atom. The number of rotatable bonds is 10. The van der Waals surface area contributed by atoms with Crippen molar-refractivity contribution < 1.29 is 23.9 Å². The van der Waals surface area contributed by atoms with Gasteiger partial charge in [0, 0.05) is 22.4 Å². The van der Waals surface area contributed by atoms with Crippen molar-refractivity contribution in [3.8, 4) is 11.5 Å². The van der Waals surface area contributed by atoms with Crippen LogP contribution < -0.4 is 10.1 Å². The molecule has 0 spiro atoms. The summed E-state index contributed by atoms with van der Waals surface area (Å²) in [5, 5.41) is 4.67. The molecule has 7 nitrogen and oxygen atoms in total. The molecular formula is C36H40N2O5S. The number of Topliss-reactive ketones (excluding diaryl/α,β-unsaturated/α-hetero) is 1. The first kappa shape index (κ1) is 31.4. The normalized spacial score (nSPS) is 14.4. The van der Waals surface area contributed by atoms with E-state index in [9.17, 15) is 14.4 Å². The van der Waals surface area contributed by atoms with E-state index in [0.29, 0.717) is 16.5 Å². The predicted octanol–water partition coefficient (Wildman–Crippen LogP) is 7.84. The van der Waals surface area contributed by atoms with Crippen LogP contribution in [0.15, 0.2) is 60.7 Å². The zero-order valence-electron chi connectivity index (χ0n) is 26.1. The molecule has 0 unspecified atom stereocenters. The number of amides is 1. The Balaban J connectivity index is 1.42. The molecule has 0 aliphatic heterocycles. The van der Waals surface area contributed by atoms with Gasteiger partial charge in [-0.3, -0.25) is 9.59 Å². The lowest BCUT2D eigenvalue weighted by Crippen LogP contribution is -2.43. The second-order valence-corrected chi connectivity index (χ2v) is 13.8. The molecule has 0 radical (unpaired) electrons. The van der Waals surface area contributed by atoms with Crippen LogP contribution in [-0.4, -0.2) is 35.8 Å². The Labute approximate surface area is 263 Å². The summed E-state index contributed by atoms with van der Waals surface area (Å²) in [5.74, 6) is 0.934. The van der Waals surface area contributed by atoms with Gasteiger partial charge in [0.25, 0.3) is 5.91 Å². The summed E-state index contributed by atoms with van der Waals surface area (Å²) in [5.41, 5.74) is 2.41. The fraction of sp³-hybridized carbons (Fsp3) is 0.389. The van der Waals surface area contributed by atoms with Gasteiger partial charge in [-0.25, -0.2) is 9.78 Å². The van der Waals surface area contributed by atoms with E-state index in [1.54, 1.807) is 18.2 Å². The summed E-state index contributed by atoms with van der Waals surface area (Å²) in [6.45, 7) is 8.06. The maximum Gasteiger partial charge on any atom is 0.328 e. The molecule has 1 fully saturated rings. The van der Waals surface area contributed by atoms with Gasteiger partial charge >= 0.3 is 5.97 Å². The smallest absolute Gasteiger partial charge is 0.328 e. The highest BCUT2D eigenvalue weighted by molar-refractivity contribution is 7.14. The Bertz CT molecular complexity index is 1660. The highest BCUT2D eigenvalue weighted by Gasteiger charge is 2.26. The van der Waals surface area contributed by atoms with Gasteiger partial charge in [0.1, 0.15) is 23.2 Å². The number of ether oxygens (including phenoxy) is 2. The van der Waals surface area contributed by atoms with Crippen LogP contribution in [0.2, 0.25) is 0 Å². The molecule has 1 saturated carbocycles. The first-order valence-corrected chi connectivity index (χ1v) is 16.0. The van der Waals surface area contributed by atoms with Crippen molar-refractivity contribution in [1.82, 2.24) is 10.3 Å². The number of fused-ring (bicyclic) bond motifs is 1. The van der Waals surface area contributed by atoms with E-state index in [-0.39, 0.29) is 23.3 Å². The van der Waals surface area contributed by atoms with Gasteiger partial charge in [-0.1, -0.05) is 64.7 Å². The number of nitrogens with one attached hydrogen (secondary N) is 1. The minimum Gasteiger partial charge on any atom is -0.467 e. The second kappa shape index (κ2) is 13.3. The minimum atomic E-state index is -0.915. The van der Waals surface area contributed by atoms with Gasteiger partial charge in [-0.05, 0) is 78.1 Å². The maximum atomic E-state index is 13.6. The average molecular weight is 613 g/mol. The predicted molar refractivity (Wildman–Crippen MR) is 174 cm³/mol. The van der Waals surface area contributed by atoms with Crippen molar-refractivity contribution in [2.24, 2.45) is 5.92 Å². The van der Waals surface area contributed by atoms with Crippen molar-refractivity contribution in [2.45, 2.75) is 77.7 Å². The van der Waals surface area contributed by atoms with E-state index >= 15 is 0 Å². The number of carbonyl (C=O) groups excluding carboxylic acids is 3. The fourth-order valence-corrected chi connectivity index (χ4v) is 6.67. The molecule has 2 aromatic heterocycles. The highest BCUT2D eigenvalue weighted by Crippen LogP contribution is 2.33. The summed E-state index contributed by atoms with van der Waals surface area (Å²) < 4.78 is 11.2. The van der Waals surface area contributed by atoms with Crippen LogP contribution in [0.5, 0.6) is 11.5 Å². The number of hydrogen-bond donors (Lipinski definition) is 1. The molecule has 1 N–H and O–H groups in total. The maximum absolute atomic E-state index is 13.6. The lowest BCUT2D eigenvalue weighted by Gasteiger charge is -2.19. The lowest BCUT2D eigenvalue weighted by molar-refractivity contribution is -0.142. The van der Waals surface area contributed by atoms with E-state index in [0.717, 1.165) is 46.4 Å². The molecule has 4 aromatic rings. The highest BCUT2D eigenvalue weighted by atomic mass is 32.1. The van der Waals surface area contributed by atoms with E-state index in [4.69, 9.17) is 14.5 Å². The van der Waals surface area contributed by atoms with E-state index in [1.165, 1.54) is 43.8 Å². The summed E-state index contributed by atoms with van der Waals surface area (Å²) in [6.07, 6.45) is 5.68. The number of thiophene rings is 1. The van der Waals surface area contributed by atoms with Gasteiger partial charge in [0.2, 0.25) is 0 Å². The number of hydrogen-bond acceptors (Lipinski definition) is 7. The van der Waals surface area contributed by atoms with Gasteiger partial charge in [0.15, 0.2) is 5.78 Å². The quantitative estimate of drug-likeness (QED) is 0.145. The molecule has 44 heavy (non-hydrogen) atoms. The van der Waals surface area contributed by atoms with Gasteiger partial charge < -0.3 is 14.8 Å². The van der Waals surface area contributed by atoms with Crippen LogP contribution >= 0.6 is 11.3 Å². The molecule has 230 valence electrons. The van der Waals surface area contributed by atoms with Crippen LogP contribution in [0.3, 0.4) is 0 Å². The van der Waals surface area contributed by atoms with E-state index in [2.05, 4.69) is 38.2 Å². The number of pyridine rings is 1. The standard InChI is InChI=1S/C36H40N2O5S/c1-22(39)33-17-16-28(44-33)21-32(35(41)42-5)38-34(40)31-19-24-10-13-27(43-26-14-11-25(12-15-26)36(2,3)4)20-29(24)30(37-31)18-23-8-6-7-9-23/h10-17,19-20,23,32H,6-9,18,21H2,1-5H3,(H,38,40)/t32-/m0/s1. The molecule has 5 rings (SSSR count). The molecule has 1 amide bonds. The Morgan fingerprint density at radius 1 is 0.977 bits per heavy atom. The Morgan fingerprint density at radius 2 is 1.68 bits per heavy atom. The van der Waals surface area contributed by atoms with Crippen LogP contribution in [-0.2, 0) is 27.8 Å². The van der Waals surface area contributed by atoms with E-state index in [1.807, 2.05) is 30.3 Å². The molecule has 8 heteroatoms. The molecular weight excluding hydrogens is 572 g/mol. The van der Waals surface area contributed by atoms with Gasteiger partial charge in [0.05, 0.1) is 12.0 Å². The monoisotopic (exact) mass is 612 g/mol. The summed E-state index contributed by atoms with van der Waals surface area (Å²) in [7, 11) is 1.30. The third kappa shape index (κ3) is 7.53. The molecule has 1 aliphatic carbocycles. The van der Waals surface area contributed by atoms with Crippen molar-refractivity contribution in [1.29, 1.82) is 0 Å². The van der Waals surface area contributed by atoms with Gasteiger partial charge in [-0.15, -0.1) is 11.3 Å². The zero-order chi connectivity index (χ0) is 31.4. The molecule has 2 heterocycles. The van der Waals surface area contributed by atoms with Crippen molar-refractivity contribution in [2.75, 3.05) is 7.11 Å². The zero-order valence-corrected chi connectivity index (χ0v) is 26.9. The Hall–Kier alpha value is -4.04. The number of benzene rings is 2. The van der Waals surface area contributed by atoms with Crippen LogP contribution in [0.1, 0.15) is 89.7 Å². The van der Waals surface area contributed by atoms with Crippen LogP contribution in [0.4, 0.5) is 0 Å². The van der Waals surface area contributed by atoms with Crippen molar-refractivity contribution in [3.05, 3.63) is 87.4 Å². The first-order valence-electron chi connectivity index (χ1n) is 15.2. The van der Waals surface area contributed by atoms with Crippen molar-refractivity contribution >= 4 is 39.8 Å². The topological polar surface area (TPSA) is 94.6 Å². The minimum absolute atomic E-state index is 0.0398. The molecule has 1 aliphatic rings. The third-order valence-corrected chi connectivity index (χ3v) is 9.44. The summed E-state index contributed by atoms with van der Waals surface area (Å²) in [4.78, 5) is 44.2. The number of esters is 1. The lowest BCUT2D eigenvalue weighted by atomic mass is 9.87. The molecule has 0 saturated heterocycles. The van der Waals surface area contributed by atoms with Crippen LogP contribution in [0, 0.1) is 5.92 Å². The number of nitrogens with zero attached hydrogens (tertiary/aromatic N) is 1. The Kier molecular flexibility index (Phi) is 9.49. The summed E-state index contributed by atoms with van der Waals surface area (Å²) >= 11 is 1.31. The average Bonchev–Trinajstić information content (AvgIpc) is 3.69. The molecule has 1 atom stereocenters. The second-order valence-electron chi connectivity index (χ2n) is 12.6. The number of ketones is 1. The first-order chi connectivity index (χ1) is 21.0. The molecule has 0 bridgehead atoms. The van der Waals surface area contributed by atoms with Crippen molar-refractivity contribution in [3.63, 3.8) is 0 Å². The number of carbonyl (C=O) groups is 3. The fourth-order valence-electron chi connectivity index (χ4n) is 5.72. The SMILES string of the molecule is COC(=O)[C@H](Cc1ccc(C(C)=O)s1)NC(=O)c1cc2ccc(Oc3ccc(C(C)(C)C)cc3)cc2c(CC2CCCC2)n1. The molecule has 2 aromatic carbocycles. The van der Waals surface area contributed by atoms with E-state index < -0.39 is 17.9 Å². The largest absolute Gasteiger partial charge is 0.467 e. The van der Waals surface area contributed by atoms with Gasteiger partial charge in [-0.2, -0.15) is 0 Å². The third-order valence-electron chi connectivity index (χ3n) is 8.23.